The summed E-state index contributed by atoms with van der Waals surface area (Å²) in [6, 6.07) is 13.6. The summed E-state index contributed by atoms with van der Waals surface area (Å²) in [5, 5.41) is 0. The van der Waals surface area contributed by atoms with Crippen LogP contribution in [0.2, 0.25) is 0 Å². The van der Waals surface area contributed by atoms with Crippen molar-refractivity contribution in [2.75, 3.05) is 20.6 Å². The molecule has 0 spiro atoms. The number of benzene rings is 2. The van der Waals surface area contributed by atoms with Gasteiger partial charge in [-0.1, -0.05) is 30.3 Å². The zero-order chi connectivity index (χ0) is 15.5. The molecule has 2 aromatic rings. The fourth-order valence-electron chi connectivity index (χ4n) is 2.74. The van der Waals surface area contributed by atoms with E-state index in [0.29, 0.717) is 0 Å². The van der Waals surface area contributed by atoms with Gasteiger partial charge in [0.2, 0.25) is 0 Å². The molecule has 1 nitrogen and oxygen atoms in total. The highest BCUT2D eigenvalue weighted by molar-refractivity contribution is 7.98. The topological polar surface area (TPSA) is 3.24 Å². The van der Waals surface area contributed by atoms with Crippen molar-refractivity contribution in [3.05, 3.63) is 71.0 Å². The molecule has 1 aliphatic heterocycles. The highest BCUT2D eigenvalue weighted by Gasteiger charge is 2.18. The monoisotopic (exact) mass is 313 g/mol. The number of thioether (sulfide) groups is 1. The van der Waals surface area contributed by atoms with Crippen LogP contribution in [0.25, 0.3) is 5.57 Å². The Morgan fingerprint density at radius 3 is 2.77 bits per heavy atom. The second-order valence-electron chi connectivity index (χ2n) is 5.80. The summed E-state index contributed by atoms with van der Waals surface area (Å²) in [4.78, 5) is 3.33. The zero-order valence-electron chi connectivity index (χ0n) is 13.0. The van der Waals surface area contributed by atoms with E-state index >= 15 is 0 Å². The quantitative estimate of drug-likeness (QED) is 0.799. The first-order valence-corrected chi connectivity index (χ1v) is 8.49. The third-order valence-electron chi connectivity index (χ3n) is 3.85. The molecule has 1 aliphatic rings. The molecular weight excluding hydrogens is 293 g/mol. The second-order valence-corrected chi connectivity index (χ2v) is 6.81. The molecule has 114 valence electrons. The largest absolute Gasteiger partial charge is 0.309 e. The van der Waals surface area contributed by atoms with Gasteiger partial charge in [0.15, 0.2) is 0 Å². The fourth-order valence-corrected chi connectivity index (χ4v) is 3.79. The molecule has 1 heterocycles. The summed E-state index contributed by atoms with van der Waals surface area (Å²) in [6.07, 6.45) is 3.21. The molecule has 0 radical (unpaired) electrons. The van der Waals surface area contributed by atoms with Crippen LogP contribution in [0.5, 0.6) is 0 Å². The summed E-state index contributed by atoms with van der Waals surface area (Å²) in [5.74, 6) is 0.761. The maximum absolute atomic E-state index is 13.8. The van der Waals surface area contributed by atoms with Crippen LogP contribution in [0, 0.1) is 5.82 Å². The van der Waals surface area contributed by atoms with Crippen LogP contribution >= 0.6 is 11.8 Å². The Hall–Kier alpha value is -1.58. The molecule has 0 bridgehead atoms. The second kappa shape index (κ2) is 6.67. The Morgan fingerprint density at radius 2 is 1.95 bits per heavy atom. The lowest BCUT2D eigenvalue weighted by Crippen LogP contribution is -2.12. The predicted molar refractivity (Wildman–Crippen MR) is 92.7 cm³/mol. The van der Waals surface area contributed by atoms with Crippen molar-refractivity contribution < 1.29 is 4.39 Å². The standard InChI is InChI=1S/C19H20FNS/c1-21(2)11-5-8-17-16-7-4-3-6-14(16)13-22-19-10-9-15(20)12-18(17)19/h3-4,6-10,12H,5,11,13H2,1-2H3/b17-8-. The molecule has 0 unspecified atom stereocenters. The summed E-state index contributed by atoms with van der Waals surface area (Å²) in [5.41, 5.74) is 4.74. The number of hydrogen-bond acceptors (Lipinski definition) is 2. The van der Waals surface area contributed by atoms with E-state index in [9.17, 15) is 4.39 Å². The van der Waals surface area contributed by atoms with Crippen LogP contribution in [0.1, 0.15) is 23.1 Å². The fraction of sp³-hybridized carbons (Fsp3) is 0.263. The van der Waals surface area contributed by atoms with Crippen LogP contribution in [-0.2, 0) is 5.75 Å². The first kappa shape index (κ1) is 15.3. The Labute approximate surface area is 135 Å². The first-order valence-electron chi connectivity index (χ1n) is 7.51. The van der Waals surface area contributed by atoms with Crippen molar-refractivity contribution in [3.63, 3.8) is 0 Å². The molecule has 0 aromatic heterocycles. The smallest absolute Gasteiger partial charge is 0.123 e. The molecule has 0 saturated heterocycles. The van der Waals surface area contributed by atoms with E-state index in [2.05, 4.69) is 49.3 Å². The summed E-state index contributed by atoms with van der Waals surface area (Å²) >= 11 is 1.79. The summed E-state index contributed by atoms with van der Waals surface area (Å²) < 4.78 is 13.8. The maximum Gasteiger partial charge on any atom is 0.123 e. The van der Waals surface area contributed by atoms with Gasteiger partial charge in [-0.25, -0.2) is 4.39 Å². The van der Waals surface area contributed by atoms with E-state index in [1.165, 1.54) is 11.1 Å². The van der Waals surface area contributed by atoms with Gasteiger partial charge in [0, 0.05) is 17.2 Å². The van der Waals surface area contributed by atoms with Crippen LogP contribution in [0.3, 0.4) is 0 Å². The Balaban J connectivity index is 2.10. The first-order chi connectivity index (χ1) is 10.6. The number of hydrogen-bond donors (Lipinski definition) is 0. The average molecular weight is 313 g/mol. The van der Waals surface area contributed by atoms with Gasteiger partial charge >= 0.3 is 0 Å². The van der Waals surface area contributed by atoms with Crippen molar-refractivity contribution in [2.24, 2.45) is 0 Å². The molecular formula is C19H20FNS. The van der Waals surface area contributed by atoms with Crippen molar-refractivity contribution in [2.45, 2.75) is 17.1 Å². The summed E-state index contributed by atoms with van der Waals surface area (Å²) in [7, 11) is 4.14. The van der Waals surface area contributed by atoms with Gasteiger partial charge in [-0.2, -0.15) is 0 Å². The minimum Gasteiger partial charge on any atom is -0.309 e. The SMILES string of the molecule is CN(C)CC/C=C1/c2ccccc2CSc2ccc(F)cc21. The molecule has 0 N–H and O–H groups in total. The van der Waals surface area contributed by atoms with E-state index in [-0.39, 0.29) is 5.82 Å². The molecule has 3 rings (SSSR count). The molecule has 0 aliphatic carbocycles. The number of halogens is 1. The van der Waals surface area contributed by atoms with Gasteiger partial charge in [0.1, 0.15) is 5.82 Å². The van der Waals surface area contributed by atoms with Crippen molar-refractivity contribution in [3.8, 4) is 0 Å². The van der Waals surface area contributed by atoms with Gasteiger partial charge in [0.05, 0.1) is 0 Å². The highest BCUT2D eigenvalue weighted by Crippen LogP contribution is 2.40. The minimum atomic E-state index is -0.169. The molecule has 3 heteroatoms. The molecule has 0 amide bonds. The van der Waals surface area contributed by atoms with Crippen molar-refractivity contribution in [1.29, 1.82) is 0 Å². The zero-order valence-corrected chi connectivity index (χ0v) is 13.8. The number of fused-ring (bicyclic) bond motifs is 2. The third-order valence-corrected chi connectivity index (χ3v) is 4.97. The molecule has 0 saturated carbocycles. The Kier molecular flexibility index (Phi) is 4.65. The van der Waals surface area contributed by atoms with Gasteiger partial charge in [-0.15, -0.1) is 11.8 Å². The van der Waals surface area contributed by atoms with Crippen LogP contribution in [-0.4, -0.2) is 25.5 Å². The molecule has 22 heavy (non-hydrogen) atoms. The minimum absolute atomic E-state index is 0.169. The van der Waals surface area contributed by atoms with E-state index in [1.807, 2.05) is 6.07 Å². The lowest BCUT2D eigenvalue weighted by Gasteiger charge is -2.13. The van der Waals surface area contributed by atoms with Gasteiger partial charge in [0.25, 0.3) is 0 Å². The lowest BCUT2D eigenvalue weighted by atomic mass is 9.93. The van der Waals surface area contributed by atoms with Gasteiger partial charge in [-0.3, -0.25) is 0 Å². The van der Waals surface area contributed by atoms with Crippen LogP contribution in [0.4, 0.5) is 4.39 Å². The lowest BCUT2D eigenvalue weighted by molar-refractivity contribution is 0.417. The third kappa shape index (κ3) is 3.26. The molecule has 0 atom stereocenters. The van der Waals surface area contributed by atoms with Crippen LogP contribution < -0.4 is 0 Å². The summed E-state index contributed by atoms with van der Waals surface area (Å²) in [6.45, 7) is 0.990. The van der Waals surface area contributed by atoms with E-state index in [0.717, 1.165) is 34.8 Å². The average Bonchev–Trinajstić information content (AvgIpc) is 2.65. The van der Waals surface area contributed by atoms with Crippen molar-refractivity contribution in [1.82, 2.24) is 4.90 Å². The molecule has 2 aromatic carbocycles. The van der Waals surface area contributed by atoms with Gasteiger partial charge < -0.3 is 4.90 Å². The van der Waals surface area contributed by atoms with Crippen molar-refractivity contribution >= 4 is 17.3 Å². The molecule has 0 fully saturated rings. The van der Waals surface area contributed by atoms with E-state index in [4.69, 9.17) is 0 Å². The van der Waals surface area contributed by atoms with Gasteiger partial charge in [-0.05, 0) is 61.0 Å². The predicted octanol–water partition coefficient (Wildman–Crippen LogP) is 4.81. The Morgan fingerprint density at radius 1 is 1.14 bits per heavy atom. The maximum atomic E-state index is 13.8. The van der Waals surface area contributed by atoms with Crippen LogP contribution in [0.15, 0.2) is 53.4 Å². The number of nitrogens with zero attached hydrogens (tertiary/aromatic N) is 1. The van der Waals surface area contributed by atoms with E-state index < -0.39 is 0 Å². The highest BCUT2D eigenvalue weighted by atomic mass is 32.2. The number of rotatable bonds is 3. The Bertz CT molecular complexity index is 706. The normalized spacial score (nSPS) is 15.5. The van der Waals surface area contributed by atoms with E-state index in [1.54, 1.807) is 23.9 Å².